The lowest BCUT2D eigenvalue weighted by Crippen LogP contribution is -2.22. The van der Waals surface area contributed by atoms with Gasteiger partial charge in [-0.25, -0.2) is 9.07 Å². The van der Waals surface area contributed by atoms with Gasteiger partial charge in [0.25, 0.3) is 0 Å². The Morgan fingerprint density at radius 1 is 1.26 bits per heavy atom. The van der Waals surface area contributed by atoms with Crippen LogP contribution < -0.4 is 0 Å². The maximum absolute atomic E-state index is 13.9. The fourth-order valence-electron chi connectivity index (χ4n) is 3.30. The van der Waals surface area contributed by atoms with E-state index in [1.165, 1.54) is 18.9 Å². The number of aromatic nitrogens is 3. The Balaban J connectivity index is 1.41. The van der Waals surface area contributed by atoms with Gasteiger partial charge in [-0.05, 0) is 37.0 Å². The quantitative estimate of drug-likeness (QED) is 0.919. The predicted molar refractivity (Wildman–Crippen MR) is 83.3 cm³/mol. The van der Waals surface area contributed by atoms with E-state index < -0.39 is 0 Å². The molecule has 2 aromatic rings. The Hall–Kier alpha value is -1.79. The summed E-state index contributed by atoms with van der Waals surface area (Å²) in [6.45, 7) is 2.29. The molecule has 2 fully saturated rings. The van der Waals surface area contributed by atoms with Crippen LogP contribution in [-0.2, 0) is 13.2 Å². The van der Waals surface area contributed by atoms with E-state index in [4.69, 9.17) is 0 Å². The molecule has 2 aliphatic rings. The SMILES string of the molecule is OCc1ccc(F)c(CN2CCC(n3cc(C4CC4)nn3)C2)c1. The Labute approximate surface area is 134 Å². The van der Waals surface area contributed by atoms with E-state index in [9.17, 15) is 9.50 Å². The third-order valence-corrected chi connectivity index (χ3v) is 4.83. The number of likely N-dealkylation sites (tertiary alicyclic amines) is 1. The second kappa shape index (κ2) is 6.02. The average molecular weight is 316 g/mol. The summed E-state index contributed by atoms with van der Waals surface area (Å²) in [7, 11) is 0. The number of aliphatic hydroxyl groups excluding tert-OH is 1. The molecular formula is C17H21FN4O. The van der Waals surface area contributed by atoms with Gasteiger partial charge >= 0.3 is 0 Å². The number of nitrogens with zero attached hydrogens (tertiary/aromatic N) is 4. The highest BCUT2D eigenvalue weighted by atomic mass is 19.1. The van der Waals surface area contributed by atoms with Gasteiger partial charge in [-0.1, -0.05) is 11.3 Å². The lowest BCUT2D eigenvalue weighted by molar-refractivity contribution is 0.280. The first-order chi connectivity index (χ1) is 11.2. The minimum atomic E-state index is -0.206. The van der Waals surface area contributed by atoms with Gasteiger partial charge in [0.1, 0.15) is 5.82 Å². The molecule has 0 amide bonds. The summed E-state index contributed by atoms with van der Waals surface area (Å²) >= 11 is 0. The Morgan fingerprint density at radius 3 is 2.91 bits per heavy atom. The zero-order chi connectivity index (χ0) is 15.8. The molecule has 122 valence electrons. The van der Waals surface area contributed by atoms with Crippen LogP contribution in [0.25, 0.3) is 0 Å². The van der Waals surface area contributed by atoms with Crippen molar-refractivity contribution in [3.8, 4) is 0 Å². The maximum atomic E-state index is 13.9. The van der Waals surface area contributed by atoms with Gasteiger partial charge in [-0.15, -0.1) is 5.10 Å². The Morgan fingerprint density at radius 2 is 2.13 bits per heavy atom. The van der Waals surface area contributed by atoms with Crippen LogP contribution in [0.3, 0.4) is 0 Å². The van der Waals surface area contributed by atoms with Crippen LogP contribution in [0.4, 0.5) is 4.39 Å². The second-order valence-corrected chi connectivity index (χ2v) is 6.66. The normalized spacial score (nSPS) is 21.9. The molecule has 0 radical (unpaired) electrons. The zero-order valence-corrected chi connectivity index (χ0v) is 13.0. The summed E-state index contributed by atoms with van der Waals surface area (Å²) in [4.78, 5) is 2.24. The maximum Gasteiger partial charge on any atom is 0.127 e. The molecule has 1 aliphatic heterocycles. The molecule has 1 aliphatic carbocycles. The van der Waals surface area contributed by atoms with Crippen molar-refractivity contribution in [1.82, 2.24) is 19.9 Å². The summed E-state index contributed by atoms with van der Waals surface area (Å²) in [6, 6.07) is 5.14. The summed E-state index contributed by atoms with van der Waals surface area (Å²) in [5.41, 5.74) is 2.52. The van der Waals surface area contributed by atoms with E-state index >= 15 is 0 Å². The lowest BCUT2D eigenvalue weighted by atomic mass is 10.1. The van der Waals surface area contributed by atoms with Crippen molar-refractivity contribution in [3.63, 3.8) is 0 Å². The van der Waals surface area contributed by atoms with Crippen LogP contribution in [0.15, 0.2) is 24.4 Å². The number of hydrogen-bond acceptors (Lipinski definition) is 4. The highest BCUT2D eigenvalue weighted by Gasteiger charge is 2.29. The molecular weight excluding hydrogens is 295 g/mol. The van der Waals surface area contributed by atoms with Crippen molar-refractivity contribution < 1.29 is 9.50 Å². The number of halogens is 1. The van der Waals surface area contributed by atoms with Crippen LogP contribution >= 0.6 is 0 Å². The van der Waals surface area contributed by atoms with Gasteiger partial charge in [-0.2, -0.15) is 0 Å². The molecule has 1 aromatic carbocycles. The zero-order valence-electron chi connectivity index (χ0n) is 13.0. The van der Waals surface area contributed by atoms with Crippen molar-refractivity contribution in [2.45, 2.75) is 44.4 Å². The van der Waals surface area contributed by atoms with Crippen molar-refractivity contribution in [3.05, 3.63) is 47.0 Å². The fraction of sp³-hybridized carbons (Fsp3) is 0.529. The van der Waals surface area contributed by atoms with Crippen molar-refractivity contribution in [2.75, 3.05) is 13.1 Å². The average Bonchev–Trinajstić information content (AvgIpc) is 3.10. The van der Waals surface area contributed by atoms with Crippen LogP contribution in [-0.4, -0.2) is 38.1 Å². The van der Waals surface area contributed by atoms with Gasteiger partial charge in [0, 0.05) is 37.3 Å². The van der Waals surface area contributed by atoms with Gasteiger partial charge in [0.2, 0.25) is 0 Å². The molecule has 4 rings (SSSR count). The molecule has 1 N–H and O–H groups in total. The standard InChI is InChI=1S/C17H21FN4O/c18-16-4-1-12(11-23)7-14(16)8-21-6-5-15(9-21)22-10-17(19-20-22)13-2-3-13/h1,4,7,10,13,15,23H,2-3,5-6,8-9,11H2. The molecule has 1 saturated heterocycles. The summed E-state index contributed by atoms with van der Waals surface area (Å²) in [6.07, 6.45) is 5.56. The van der Waals surface area contributed by atoms with Crippen molar-refractivity contribution in [1.29, 1.82) is 0 Å². The molecule has 1 aromatic heterocycles. The highest BCUT2D eigenvalue weighted by molar-refractivity contribution is 5.24. The number of rotatable bonds is 5. The van der Waals surface area contributed by atoms with Gasteiger partial charge in [0.05, 0.1) is 18.3 Å². The first-order valence-electron chi connectivity index (χ1n) is 8.25. The molecule has 0 spiro atoms. The predicted octanol–water partition coefficient (Wildman–Crippen LogP) is 2.23. The van der Waals surface area contributed by atoms with Crippen LogP contribution in [0.1, 0.15) is 48.0 Å². The van der Waals surface area contributed by atoms with Gasteiger partial charge in [0.15, 0.2) is 0 Å². The van der Waals surface area contributed by atoms with E-state index in [-0.39, 0.29) is 12.4 Å². The molecule has 6 heteroatoms. The summed E-state index contributed by atoms with van der Waals surface area (Å²) in [5.74, 6) is 0.416. The van der Waals surface area contributed by atoms with E-state index in [0.717, 1.165) is 30.8 Å². The molecule has 0 bridgehead atoms. The fourth-order valence-corrected chi connectivity index (χ4v) is 3.30. The molecule has 1 saturated carbocycles. The molecule has 2 heterocycles. The second-order valence-electron chi connectivity index (χ2n) is 6.66. The Kier molecular flexibility index (Phi) is 3.87. The van der Waals surface area contributed by atoms with E-state index in [0.29, 0.717) is 24.1 Å². The van der Waals surface area contributed by atoms with Crippen LogP contribution in [0, 0.1) is 5.82 Å². The van der Waals surface area contributed by atoms with E-state index in [2.05, 4.69) is 21.4 Å². The minimum Gasteiger partial charge on any atom is -0.392 e. The Bertz CT molecular complexity index is 698. The number of aliphatic hydroxyl groups is 1. The third-order valence-electron chi connectivity index (χ3n) is 4.83. The van der Waals surface area contributed by atoms with Crippen molar-refractivity contribution >= 4 is 0 Å². The number of benzene rings is 1. The molecule has 5 nitrogen and oxygen atoms in total. The highest BCUT2D eigenvalue weighted by Crippen LogP contribution is 2.39. The smallest absolute Gasteiger partial charge is 0.127 e. The minimum absolute atomic E-state index is 0.0567. The first kappa shape index (κ1) is 14.8. The van der Waals surface area contributed by atoms with Crippen LogP contribution in [0.2, 0.25) is 0 Å². The van der Waals surface area contributed by atoms with E-state index in [1.807, 2.05) is 4.68 Å². The number of hydrogen-bond donors (Lipinski definition) is 1. The lowest BCUT2D eigenvalue weighted by Gasteiger charge is -2.17. The monoisotopic (exact) mass is 316 g/mol. The van der Waals surface area contributed by atoms with Gasteiger partial charge < -0.3 is 5.11 Å². The topological polar surface area (TPSA) is 54.2 Å². The molecule has 23 heavy (non-hydrogen) atoms. The van der Waals surface area contributed by atoms with Crippen LogP contribution in [0.5, 0.6) is 0 Å². The largest absolute Gasteiger partial charge is 0.392 e. The van der Waals surface area contributed by atoms with E-state index in [1.54, 1.807) is 12.1 Å². The van der Waals surface area contributed by atoms with Gasteiger partial charge in [-0.3, -0.25) is 4.90 Å². The summed E-state index contributed by atoms with van der Waals surface area (Å²) < 4.78 is 15.9. The molecule has 1 atom stereocenters. The van der Waals surface area contributed by atoms with Crippen molar-refractivity contribution in [2.24, 2.45) is 0 Å². The third kappa shape index (κ3) is 3.14. The summed E-state index contributed by atoms with van der Waals surface area (Å²) in [5, 5.41) is 17.8. The first-order valence-corrected chi connectivity index (χ1v) is 8.25. The molecule has 1 unspecified atom stereocenters.